The Balaban J connectivity index is 1.43. The molecule has 186 valence electrons. The van der Waals surface area contributed by atoms with Gasteiger partial charge >= 0.3 is 6.18 Å². The van der Waals surface area contributed by atoms with Crippen molar-refractivity contribution in [3.8, 4) is 11.3 Å². The molecule has 1 fully saturated rings. The number of nitrogen functional groups attached to an aromatic ring is 1. The van der Waals surface area contributed by atoms with E-state index in [-0.39, 0.29) is 23.3 Å². The molecule has 5 rings (SSSR count). The van der Waals surface area contributed by atoms with E-state index in [9.17, 15) is 18.0 Å². The fourth-order valence-corrected chi connectivity index (χ4v) is 4.68. The van der Waals surface area contributed by atoms with Gasteiger partial charge in [0.05, 0.1) is 5.56 Å². The van der Waals surface area contributed by atoms with E-state index in [1.54, 1.807) is 30.5 Å². The summed E-state index contributed by atoms with van der Waals surface area (Å²) in [6.07, 6.45) is 3.78. The second kappa shape index (κ2) is 9.23. The summed E-state index contributed by atoms with van der Waals surface area (Å²) in [5.41, 5.74) is 13.8. The smallest absolute Gasteiger partial charge is 0.382 e. The van der Waals surface area contributed by atoms with Crippen molar-refractivity contribution in [2.75, 3.05) is 11.1 Å². The van der Waals surface area contributed by atoms with E-state index in [0.29, 0.717) is 17.0 Å². The van der Waals surface area contributed by atoms with Crippen molar-refractivity contribution in [3.63, 3.8) is 0 Å². The van der Waals surface area contributed by atoms with Crippen LogP contribution in [0.25, 0.3) is 16.8 Å². The van der Waals surface area contributed by atoms with Crippen LogP contribution in [0.5, 0.6) is 0 Å². The first-order valence-corrected chi connectivity index (χ1v) is 11.5. The Bertz CT molecular complexity index is 1420. The number of halogens is 3. The van der Waals surface area contributed by atoms with Crippen molar-refractivity contribution in [2.45, 2.75) is 43.8 Å². The van der Waals surface area contributed by atoms with Gasteiger partial charge in [0.25, 0.3) is 5.91 Å². The lowest BCUT2D eigenvalue weighted by Gasteiger charge is -2.25. The minimum atomic E-state index is -4.53. The van der Waals surface area contributed by atoms with Crippen molar-refractivity contribution in [1.29, 1.82) is 0 Å². The van der Waals surface area contributed by atoms with Crippen LogP contribution in [0.4, 0.5) is 24.8 Å². The fourth-order valence-electron chi connectivity index (χ4n) is 4.68. The second-order valence-corrected chi connectivity index (χ2v) is 8.93. The number of carbonyl (C=O) groups is 1. The van der Waals surface area contributed by atoms with Crippen LogP contribution < -0.4 is 16.8 Å². The van der Waals surface area contributed by atoms with E-state index in [0.717, 1.165) is 55.4 Å². The Morgan fingerprint density at radius 1 is 1.08 bits per heavy atom. The number of fused-ring (bicyclic) bond motifs is 1. The normalized spacial score (nSPS) is 18.3. The predicted molar refractivity (Wildman–Crippen MR) is 129 cm³/mol. The minimum Gasteiger partial charge on any atom is -0.382 e. The van der Waals surface area contributed by atoms with Crippen molar-refractivity contribution in [1.82, 2.24) is 19.4 Å². The Labute approximate surface area is 204 Å². The van der Waals surface area contributed by atoms with Crippen LogP contribution in [0, 0.1) is 0 Å². The zero-order valence-corrected chi connectivity index (χ0v) is 19.2. The number of amides is 1. The lowest BCUT2D eigenvalue weighted by atomic mass is 9.85. The molecule has 1 aliphatic rings. The molecule has 1 amide bonds. The number of nitrogens with zero attached hydrogens (tertiary/aromatic N) is 4. The molecule has 0 unspecified atom stereocenters. The molecule has 0 aliphatic heterocycles. The highest BCUT2D eigenvalue weighted by molar-refractivity contribution is 6.04. The first-order chi connectivity index (χ1) is 17.2. The van der Waals surface area contributed by atoms with Crippen molar-refractivity contribution >= 4 is 23.1 Å². The highest BCUT2D eigenvalue weighted by atomic mass is 19.4. The average molecular weight is 496 g/mol. The summed E-state index contributed by atoms with van der Waals surface area (Å²) in [5.74, 6) is 0.640. The Morgan fingerprint density at radius 2 is 1.86 bits per heavy atom. The topological polar surface area (TPSA) is 124 Å². The van der Waals surface area contributed by atoms with Crippen LogP contribution in [0.3, 0.4) is 0 Å². The van der Waals surface area contributed by atoms with Gasteiger partial charge in [-0.2, -0.15) is 13.2 Å². The van der Waals surface area contributed by atoms with Gasteiger partial charge in [-0.25, -0.2) is 15.0 Å². The molecule has 3 heterocycles. The highest BCUT2D eigenvalue weighted by Gasteiger charge is 2.31. The SMILES string of the molecule is Nc1nccn2c([C@@H]3CCC[C@@H](N)C3)nc(-c3ccc(C(=O)Nc4cc(C(F)(F)F)ccn4)cc3)c12. The van der Waals surface area contributed by atoms with Gasteiger partial charge in [0.1, 0.15) is 28.7 Å². The third-order valence-electron chi connectivity index (χ3n) is 6.44. The number of rotatable bonds is 4. The van der Waals surface area contributed by atoms with Crippen LogP contribution in [0.2, 0.25) is 0 Å². The van der Waals surface area contributed by atoms with Crippen molar-refractivity contribution in [3.05, 3.63) is 71.9 Å². The molecule has 5 N–H and O–H groups in total. The molecule has 3 aromatic heterocycles. The summed E-state index contributed by atoms with van der Waals surface area (Å²) < 4.78 is 40.8. The van der Waals surface area contributed by atoms with E-state index in [4.69, 9.17) is 16.5 Å². The third-order valence-corrected chi connectivity index (χ3v) is 6.44. The van der Waals surface area contributed by atoms with Gasteiger partial charge < -0.3 is 16.8 Å². The Morgan fingerprint density at radius 3 is 2.58 bits per heavy atom. The van der Waals surface area contributed by atoms with E-state index in [1.807, 2.05) is 10.6 Å². The summed E-state index contributed by atoms with van der Waals surface area (Å²) >= 11 is 0. The number of nitrogens with two attached hydrogens (primary N) is 2. The molecule has 0 saturated heterocycles. The van der Waals surface area contributed by atoms with E-state index in [2.05, 4.69) is 15.3 Å². The quantitative estimate of drug-likeness (QED) is 0.379. The molecule has 0 radical (unpaired) electrons. The Hall–Kier alpha value is -3.99. The van der Waals surface area contributed by atoms with Crippen LogP contribution in [0.1, 0.15) is 53.3 Å². The molecule has 11 heteroatoms. The standard InChI is InChI=1S/C25H24F3N7O/c26-25(27,28)17-8-9-31-19(13-17)33-24(36)15-6-4-14(5-7-15)20-21-22(30)32-10-11-35(21)23(34-20)16-2-1-3-18(29)12-16/h4-11,13,16,18H,1-3,12,29H2,(H2,30,32)(H,31,33,36)/t16-,18-/m1/s1. The summed E-state index contributed by atoms with van der Waals surface area (Å²) in [6.45, 7) is 0. The zero-order valence-electron chi connectivity index (χ0n) is 19.2. The Kier molecular flexibility index (Phi) is 6.09. The number of benzene rings is 1. The number of pyridine rings is 1. The van der Waals surface area contributed by atoms with Gasteiger partial charge in [-0.15, -0.1) is 0 Å². The predicted octanol–water partition coefficient (Wildman–Crippen LogP) is 4.63. The maximum atomic E-state index is 12.9. The largest absolute Gasteiger partial charge is 0.416 e. The number of alkyl halides is 3. The fraction of sp³-hybridized carbons (Fsp3) is 0.280. The number of nitrogens with one attached hydrogen (secondary N) is 1. The molecule has 1 aromatic carbocycles. The second-order valence-electron chi connectivity index (χ2n) is 8.93. The maximum absolute atomic E-state index is 12.9. The average Bonchev–Trinajstić information content (AvgIpc) is 3.25. The molecule has 8 nitrogen and oxygen atoms in total. The minimum absolute atomic E-state index is 0.128. The van der Waals surface area contributed by atoms with Gasteiger partial charge in [-0.3, -0.25) is 9.20 Å². The van der Waals surface area contributed by atoms with Gasteiger partial charge in [0.15, 0.2) is 0 Å². The molecule has 0 bridgehead atoms. The van der Waals surface area contributed by atoms with Crippen LogP contribution >= 0.6 is 0 Å². The summed E-state index contributed by atoms with van der Waals surface area (Å²) in [5, 5.41) is 2.41. The highest BCUT2D eigenvalue weighted by Crippen LogP contribution is 2.36. The lowest BCUT2D eigenvalue weighted by Crippen LogP contribution is -2.27. The number of anilines is 2. The maximum Gasteiger partial charge on any atom is 0.416 e. The molecule has 36 heavy (non-hydrogen) atoms. The van der Waals surface area contributed by atoms with Crippen molar-refractivity contribution < 1.29 is 18.0 Å². The van der Waals surface area contributed by atoms with Crippen molar-refractivity contribution in [2.24, 2.45) is 5.73 Å². The van der Waals surface area contributed by atoms with E-state index >= 15 is 0 Å². The number of hydrogen-bond donors (Lipinski definition) is 3. The zero-order chi connectivity index (χ0) is 25.4. The molecule has 1 aliphatic carbocycles. The van der Waals surface area contributed by atoms with Crippen LogP contribution in [-0.4, -0.2) is 31.3 Å². The van der Waals surface area contributed by atoms with E-state index < -0.39 is 17.6 Å². The third kappa shape index (κ3) is 4.61. The van der Waals surface area contributed by atoms with Gasteiger partial charge in [-0.05, 0) is 43.5 Å². The lowest BCUT2D eigenvalue weighted by molar-refractivity contribution is -0.137. The summed E-state index contributed by atoms with van der Waals surface area (Å²) in [4.78, 5) is 25.6. The summed E-state index contributed by atoms with van der Waals surface area (Å²) in [6, 6.07) is 8.35. The first kappa shape index (κ1) is 23.7. The molecular formula is C25H24F3N7O. The van der Waals surface area contributed by atoms with Gasteiger partial charge in [0.2, 0.25) is 0 Å². The monoisotopic (exact) mass is 495 g/mol. The first-order valence-electron chi connectivity index (χ1n) is 11.5. The molecule has 4 aromatic rings. The van der Waals surface area contributed by atoms with E-state index in [1.165, 1.54) is 0 Å². The molecule has 0 spiro atoms. The van der Waals surface area contributed by atoms with Crippen LogP contribution in [0.15, 0.2) is 55.0 Å². The molecular weight excluding hydrogens is 471 g/mol. The number of imidazole rings is 1. The number of hydrogen-bond acceptors (Lipinski definition) is 6. The molecule has 2 atom stereocenters. The van der Waals surface area contributed by atoms with Gasteiger partial charge in [-0.1, -0.05) is 18.6 Å². The summed E-state index contributed by atoms with van der Waals surface area (Å²) in [7, 11) is 0. The van der Waals surface area contributed by atoms with Crippen LogP contribution in [-0.2, 0) is 6.18 Å². The van der Waals surface area contributed by atoms with Gasteiger partial charge in [0, 0.05) is 41.7 Å². The molecule has 1 saturated carbocycles. The number of aromatic nitrogens is 4. The number of carbonyl (C=O) groups excluding carboxylic acids is 1.